The number of methoxy groups -OCH3 is 1. The highest BCUT2D eigenvalue weighted by Gasteiger charge is 2.32. The Bertz CT molecular complexity index is 611. The zero-order valence-corrected chi connectivity index (χ0v) is 13.2. The van der Waals surface area contributed by atoms with E-state index < -0.39 is 11.6 Å². The normalized spacial score (nSPS) is 17.4. The van der Waals surface area contributed by atoms with Gasteiger partial charge in [0.2, 0.25) is 0 Å². The van der Waals surface area contributed by atoms with Gasteiger partial charge in [-0.1, -0.05) is 0 Å². The molecule has 1 aromatic rings. The second-order valence-electron chi connectivity index (χ2n) is 5.51. The lowest BCUT2D eigenvalue weighted by atomic mass is 9.92. The number of nitrogens with zero attached hydrogens (tertiary/aromatic N) is 1. The first-order chi connectivity index (χ1) is 10.4. The summed E-state index contributed by atoms with van der Waals surface area (Å²) < 4.78 is 16.9. The van der Waals surface area contributed by atoms with Gasteiger partial charge in [-0.3, -0.25) is 0 Å². The number of nitrogens with one attached hydrogen (secondary N) is 1. The Morgan fingerprint density at radius 2 is 2.18 bits per heavy atom. The highest BCUT2D eigenvalue weighted by Crippen LogP contribution is 2.40. The number of rotatable bonds is 4. The van der Waals surface area contributed by atoms with Crippen molar-refractivity contribution >= 4 is 11.7 Å². The summed E-state index contributed by atoms with van der Waals surface area (Å²) in [5, 5.41) is 4.09. The lowest BCUT2D eigenvalue weighted by Gasteiger charge is -2.33. The molecule has 0 atom stereocenters. The van der Waals surface area contributed by atoms with E-state index in [1.54, 1.807) is 19.2 Å². The van der Waals surface area contributed by atoms with Crippen LogP contribution in [0.4, 0.5) is 4.79 Å². The second-order valence-corrected chi connectivity index (χ2v) is 5.51. The van der Waals surface area contributed by atoms with Crippen LogP contribution in [0.15, 0.2) is 17.2 Å². The monoisotopic (exact) mass is 307 g/mol. The van der Waals surface area contributed by atoms with E-state index in [9.17, 15) is 4.79 Å². The Hall–Kier alpha value is -2.44. The third-order valence-corrected chi connectivity index (χ3v) is 3.16. The van der Waals surface area contributed by atoms with Gasteiger partial charge in [-0.05, 0) is 26.8 Å². The van der Waals surface area contributed by atoms with Gasteiger partial charge in [-0.25, -0.2) is 10.2 Å². The molecule has 7 nitrogen and oxygen atoms in total. The summed E-state index contributed by atoms with van der Waals surface area (Å²) >= 11 is 0. The standard InChI is InChI=1S/C15H21N3O4/c1-5-21-13-6-9-10(17-18-14(16)19)8-15(2,3)22-11(9)7-12(13)20-4/h6-7H,5,8H2,1-4H3,(H3,16,18,19)/b17-10+. The van der Waals surface area contributed by atoms with Crippen LogP contribution in [0.5, 0.6) is 17.2 Å². The lowest BCUT2D eigenvalue weighted by Crippen LogP contribution is -2.37. The second kappa shape index (κ2) is 6.13. The Morgan fingerprint density at radius 3 is 2.77 bits per heavy atom. The Labute approximate surface area is 129 Å². The van der Waals surface area contributed by atoms with Crippen LogP contribution in [-0.2, 0) is 0 Å². The van der Waals surface area contributed by atoms with Crippen LogP contribution in [0, 0.1) is 0 Å². The molecule has 0 radical (unpaired) electrons. The number of nitrogens with two attached hydrogens (primary N) is 1. The topological polar surface area (TPSA) is 95.2 Å². The summed E-state index contributed by atoms with van der Waals surface area (Å²) in [6.45, 7) is 6.28. The van der Waals surface area contributed by atoms with E-state index >= 15 is 0 Å². The summed E-state index contributed by atoms with van der Waals surface area (Å²) in [7, 11) is 1.57. The zero-order chi connectivity index (χ0) is 16.3. The maximum Gasteiger partial charge on any atom is 0.332 e. The van der Waals surface area contributed by atoms with Crippen molar-refractivity contribution in [1.29, 1.82) is 0 Å². The van der Waals surface area contributed by atoms with E-state index in [0.717, 1.165) is 5.56 Å². The van der Waals surface area contributed by atoms with Crippen LogP contribution in [0.25, 0.3) is 0 Å². The molecule has 1 heterocycles. The largest absolute Gasteiger partial charge is 0.493 e. The summed E-state index contributed by atoms with van der Waals surface area (Å²) in [6.07, 6.45) is 0.526. The summed E-state index contributed by atoms with van der Waals surface area (Å²) in [6, 6.07) is 2.85. The number of ether oxygens (including phenoxy) is 3. The molecule has 2 rings (SSSR count). The first-order valence-corrected chi connectivity index (χ1v) is 7.02. The minimum Gasteiger partial charge on any atom is -0.493 e. The summed E-state index contributed by atoms with van der Waals surface area (Å²) in [5.41, 5.74) is 8.33. The third-order valence-electron chi connectivity index (χ3n) is 3.16. The van der Waals surface area contributed by atoms with Crippen LogP contribution in [0.3, 0.4) is 0 Å². The zero-order valence-electron chi connectivity index (χ0n) is 13.2. The quantitative estimate of drug-likeness (QED) is 0.832. The first kappa shape index (κ1) is 15.9. The molecule has 3 N–H and O–H groups in total. The van der Waals surface area contributed by atoms with E-state index in [1.165, 1.54) is 0 Å². The Kier molecular flexibility index (Phi) is 4.44. The van der Waals surface area contributed by atoms with Crippen LogP contribution in [-0.4, -0.2) is 31.1 Å². The average Bonchev–Trinajstić information content (AvgIpc) is 2.44. The Morgan fingerprint density at radius 1 is 1.45 bits per heavy atom. The molecule has 1 aliphatic rings. The molecule has 0 saturated heterocycles. The van der Waals surface area contributed by atoms with Crippen molar-refractivity contribution in [3.63, 3.8) is 0 Å². The fraction of sp³-hybridized carbons (Fsp3) is 0.467. The van der Waals surface area contributed by atoms with E-state index in [0.29, 0.717) is 36.0 Å². The fourth-order valence-corrected chi connectivity index (χ4v) is 2.33. The number of urea groups is 1. The van der Waals surface area contributed by atoms with Crippen molar-refractivity contribution in [2.75, 3.05) is 13.7 Å². The van der Waals surface area contributed by atoms with E-state index in [2.05, 4.69) is 10.5 Å². The number of hydrogen-bond acceptors (Lipinski definition) is 5. The van der Waals surface area contributed by atoms with Crippen molar-refractivity contribution in [3.05, 3.63) is 17.7 Å². The van der Waals surface area contributed by atoms with Crippen LogP contribution in [0.2, 0.25) is 0 Å². The molecule has 1 aliphatic heterocycles. The molecule has 0 fully saturated rings. The van der Waals surface area contributed by atoms with E-state index in [1.807, 2.05) is 20.8 Å². The highest BCUT2D eigenvalue weighted by molar-refractivity contribution is 6.05. The molecule has 0 spiro atoms. The van der Waals surface area contributed by atoms with Gasteiger partial charge in [-0.15, -0.1) is 0 Å². The molecule has 0 unspecified atom stereocenters. The SMILES string of the molecule is CCOc1cc2c(cc1OC)OC(C)(C)C/C2=N\NC(N)=O. The smallest absolute Gasteiger partial charge is 0.332 e. The molecule has 1 aromatic carbocycles. The molecule has 22 heavy (non-hydrogen) atoms. The van der Waals surface area contributed by atoms with Gasteiger partial charge in [0.25, 0.3) is 0 Å². The number of fused-ring (bicyclic) bond motifs is 1. The van der Waals surface area contributed by atoms with E-state index in [4.69, 9.17) is 19.9 Å². The number of hydrazone groups is 1. The number of carbonyl (C=O) groups is 1. The minimum absolute atomic E-state index is 0.455. The molecular weight excluding hydrogens is 286 g/mol. The number of amides is 2. The lowest BCUT2D eigenvalue weighted by molar-refractivity contribution is 0.110. The Balaban J connectivity index is 2.52. The van der Waals surface area contributed by atoms with Gasteiger partial charge in [-0.2, -0.15) is 5.10 Å². The maximum absolute atomic E-state index is 10.9. The first-order valence-electron chi connectivity index (χ1n) is 7.02. The summed E-state index contributed by atoms with van der Waals surface area (Å²) in [5.74, 6) is 1.81. The number of benzene rings is 1. The molecule has 0 aliphatic carbocycles. The van der Waals surface area contributed by atoms with Crippen molar-refractivity contribution in [2.45, 2.75) is 32.8 Å². The molecule has 0 bridgehead atoms. The highest BCUT2D eigenvalue weighted by atomic mass is 16.5. The molecule has 120 valence electrons. The number of carbonyl (C=O) groups excluding carboxylic acids is 1. The van der Waals surface area contributed by atoms with Crippen LogP contribution in [0.1, 0.15) is 32.8 Å². The van der Waals surface area contributed by atoms with Gasteiger partial charge >= 0.3 is 6.03 Å². The maximum atomic E-state index is 10.9. The predicted octanol–water partition coefficient (Wildman–Crippen LogP) is 2.03. The van der Waals surface area contributed by atoms with Crippen LogP contribution < -0.4 is 25.4 Å². The number of hydrogen-bond donors (Lipinski definition) is 2. The van der Waals surface area contributed by atoms with Gasteiger partial charge in [0.1, 0.15) is 11.4 Å². The van der Waals surface area contributed by atoms with Crippen molar-refractivity contribution in [3.8, 4) is 17.2 Å². The van der Waals surface area contributed by atoms with Gasteiger partial charge in [0.15, 0.2) is 11.5 Å². The van der Waals surface area contributed by atoms with Crippen molar-refractivity contribution in [1.82, 2.24) is 5.43 Å². The average molecular weight is 307 g/mol. The molecule has 0 aromatic heterocycles. The van der Waals surface area contributed by atoms with Crippen molar-refractivity contribution in [2.24, 2.45) is 10.8 Å². The fourth-order valence-electron chi connectivity index (χ4n) is 2.33. The van der Waals surface area contributed by atoms with Gasteiger partial charge in [0.05, 0.1) is 19.4 Å². The number of primary amides is 1. The third kappa shape index (κ3) is 3.41. The molecule has 2 amide bonds. The van der Waals surface area contributed by atoms with Crippen LogP contribution >= 0.6 is 0 Å². The van der Waals surface area contributed by atoms with Gasteiger partial charge in [0, 0.05) is 18.1 Å². The summed E-state index contributed by atoms with van der Waals surface area (Å²) in [4.78, 5) is 10.9. The van der Waals surface area contributed by atoms with Crippen molar-refractivity contribution < 1.29 is 19.0 Å². The predicted molar refractivity (Wildman–Crippen MR) is 82.7 cm³/mol. The van der Waals surface area contributed by atoms with Gasteiger partial charge < -0.3 is 19.9 Å². The molecule has 7 heteroatoms. The minimum atomic E-state index is -0.711. The molecule has 0 saturated carbocycles. The van der Waals surface area contributed by atoms with E-state index in [-0.39, 0.29) is 0 Å². The molecular formula is C15H21N3O4.